The fraction of sp³-hybridized carbons (Fsp3) is 0.583. The molecule has 0 spiro atoms. The standard InChI is InChI=1S/C12H17N3/c1-7-14-12-9-15(8-4-10(1)12)11-2-5-13-6-3-11/h2-3,5-6,10,12,14H,1,4,7-9H2. The highest BCUT2D eigenvalue weighted by atomic mass is 15.2. The maximum Gasteiger partial charge on any atom is 0.0397 e. The first kappa shape index (κ1) is 9.16. The summed E-state index contributed by atoms with van der Waals surface area (Å²) >= 11 is 0. The minimum absolute atomic E-state index is 0.715. The van der Waals surface area contributed by atoms with E-state index in [9.17, 15) is 0 Å². The lowest BCUT2D eigenvalue weighted by Crippen LogP contribution is -2.46. The third kappa shape index (κ3) is 1.72. The van der Waals surface area contributed by atoms with Gasteiger partial charge < -0.3 is 10.2 Å². The second-order valence-corrected chi connectivity index (χ2v) is 4.55. The SMILES string of the molecule is c1cc(N2CCC3CCNC3C2)ccn1. The monoisotopic (exact) mass is 203 g/mol. The molecule has 1 N–H and O–H groups in total. The molecule has 1 aromatic rings. The van der Waals surface area contributed by atoms with Crippen molar-refractivity contribution in [3.63, 3.8) is 0 Å². The number of anilines is 1. The van der Waals surface area contributed by atoms with E-state index in [0.717, 1.165) is 12.5 Å². The Bertz CT molecular complexity index is 325. The minimum atomic E-state index is 0.715. The van der Waals surface area contributed by atoms with E-state index in [-0.39, 0.29) is 0 Å². The molecule has 80 valence electrons. The van der Waals surface area contributed by atoms with Crippen molar-refractivity contribution in [2.24, 2.45) is 5.92 Å². The molecular formula is C12H17N3. The number of hydrogen-bond donors (Lipinski definition) is 1. The van der Waals surface area contributed by atoms with Gasteiger partial charge in [0.25, 0.3) is 0 Å². The highest BCUT2D eigenvalue weighted by Gasteiger charge is 2.32. The van der Waals surface area contributed by atoms with Gasteiger partial charge in [-0.1, -0.05) is 0 Å². The van der Waals surface area contributed by atoms with Crippen LogP contribution in [0.5, 0.6) is 0 Å². The Labute approximate surface area is 90.5 Å². The van der Waals surface area contributed by atoms with Crippen LogP contribution in [-0.4, -0.2) is 30.7 Å². The van der Waals surface area contributed by atoms with Crippen LogP contribution >= 0.6 is 0 Å². The second kappa shape index (κ2) is 3.81. The minimum Gasteiger partial charge on any atom is -0.370 e. The van der Waals surface area contributed by atoms with Crippen molar-refractivity contribution in [2.75, 3.05) is 24.5 Å². The summed E-state index contributed by atoms with van der Waals surface area (Å²) in [5.41, 5.74) is 1.32. The molecule has 1 aromatic heterocycles. The fourth-order valence-corrected chi connectivity index (χ4v) is 2.82. The third-order valence-corrected chi connectivity index (χ3v) is 3.71. The summed E-state index contributed by atoms with van der Waals surface area (Å²) in [6.07, 6.45) is 6.46. The number of hydrogen-bond acceptors (Lipinski definition) is 3. The average molecular weight is 203 g/mol. The molecular weight excluding hydrogens is 186 g/mol. The van der Waals surface area contributed by atoms with Crippen LogP contribution in [-0.2, 0) is 0 Å². The number of piperidine rings is 1. The van der Waals surface area contributed by atoms with Gasteiger partial charge in [-0.15, -0.1) is 0 Å². The van der Waals surface area contributed by atoms with Gasteiger partial charge in [0.1, 0.15) is 0 Å². The molecule has 0 bridgehead atoms. The molecule has 0 aliphatic carbocycles. The molecule has 0 saturated carbocycles. The maximum absolute atomic E-state index is 4.06. The summed E-state index contributed by atoms with van der Waals surface area (Å²) in [6, 6.07) is 4.93. The molecule has 0 aromatic carbocycles. The summed E-state index contributed by atoms with van der Waals surface area (Å²) in [5, 5.41) is 3.60. The van der Waals surface area contributed by atoms with E-state index in [1.54, 1.807) is 0 Å². The predicted molar refractivity (Wildman–Crippen MR) is 61.0 cm³/mol. The lowest BCUT2D eigenvalue weighted by Gasteiger charge is -2.36. The first-order valence-corrected chi connectivity index (χ1v) is 5.82. The van der Waals surface area contributed by atoms with E-state index in [2.05, 4.69) is 27.3 Å². The average Bonchev–Trinajstić information content (AvgIpc) is 2.77. The smallest absolute Gasteiger partial charge is 0.0397 e. The van der Waals surface area contributed by atoms with E-state index in [0.29, 0.717) is 6.04 Å². The van der Waals surface area contributed by atoms with Crippen LogP contribution < -0.4 is 10.2 Å². The van der Waals surface area contributed by atoms with E-state index in [1.165, 1.54) is 31.6 Å². The molecule has 3 heterocycles. The zero-order chi connectivity index (χ0) is 10.1. The van der Waals surface area contributed by atoms with Crippen molar-refractivity contribution in [3.05, 3.63) is 24.5 Å². The highest BCUT2D eigenvalue weighted by Crippen LogP contribution is 2.27. The molecule has 2 saturated heterocycles. The van der Waals surface area contributed by atoms with Crippen LogP contribution in [0.15, 0.2) is 24.5 Å². The topological polar surface area (TPSA) is 28.2 Å². The summed E-state index contributed by atoms with van der Waals surface area (Å²) < 4.78 is 0. The molecule has 3 heteroatoms. The summed E-state index contributed by atoms with van der Waals surface area (Å²) in [6.45, 7) is 3.57. The number of fused-ring (bicyclic) bond motifs is 1. The van der Waals surface area contributed by atoms with Gasteiger partial charge in [0, 0.05) is 37.2 Å². The largest absolute Gasteiger partial charge is 0.370 e. The lowest BCUT2D eigenvalue weighted by molar-refractivity contribution is 0.373. The van der Waals surface area contributed by atoms with Crippen LogP contribution in [0.25, 0.3) is 0 Å². The Balaban J connectivity index is 1.74. The van der Waals surface area contributed by atoms with Crippen LogP contribution in [0.2, 0.25) is 0 Å². The van der Waals surface area contributed by atoms with Gasteiger partial charge in [0.15, 0.2) is 0 Å². The first-order chi connectivity index (χ1) is 7.43. The molecule has 15 heavy (non-hydrogen) atoms. The lowest BCUT2D eigenvalue weighted by atomic mass is 9.92. The van der Waals surface area contributed by atoms with Crippen LogP contribution in [0.4, 0.5) is 5.69 Å². The normalized spacial score (nSPS) is 30.3. The van der Waals surface area contributed by atoms with Gasteiger partial charge in [-0.25, -0.2) is 0 Å². The van der Waals surface area contributed by atoms with E-state index >= 15 is 0 Å². The molecule has 0 radical (unpaired) electrons. The van der Waals surface area contributed by atoms with Gasteiger partial charge in [-0.3, -0.25) is 4.98 Å². The summed E-state index contributed by atoms with van der Waals surface area (Å²) in [7, 11) is 0. The van der Waals surface area contributed by atoms with E-state index < -0.39 is 0 Å². The number of nitrogens with one attached hydrogen (secondary N) is 1. The predicted octanol–water partition coefficient (Wildman–Crippen LogP) is 1.27. The number of nitrogens with zero attached hydrogens (tertiary/aromatic N) is 2. The van der Waals surface area contributed by atoms with Gasteiger partial charge in [0.05, 0.1) is 0 Å². The van der Waals surface area contributed by atoms with Gasteiger partial charge >= 0.3 is 0 Å². The van der Waals surface area contributed by atoms with Crippen molar-refractivity contribution in [1.82, 2.24) is 10.3 Å². The first-order valence-electron chi connectivity index (χ1n) is 5.82. The second-order valence-electron chi connectivity index (χ2n) is 4.55. The van der Waals surface area contributed by atoms with Gasteiger partial charge in [0.2, 0.25) is 0 Å². The molecule has 3 rings (SSSR count). The Morgan fingerprint density at radius 1 is 1.27 bits per heavy atom. The zero-order valence-electron chi connectivity index (χ0n) is 8.89. The van der Waals surface area contributed by atoms with Crippen molar-refractivity contribution >= 4 is 5.69 Å². The Morgan fingerprint density at radius 2 is 2.13 bits per heavy atom. The Morgan fingerprint density at radius 3 is 3.00 bits per heavy atom. The Hall–Kier alpha value is -1.09. The zero-order valence-corrected chi connectivity index (χ0v) is 8.89. The van der Waals surface area contributed by atoms with E-state index in [1.807, 2.05) is 12.4 Å². The molecule has 2 fully saturated rings. The van der Waals surface area contributed by atoms with Gasteiger partial charge in [-0.05, 0) is 37.4 Å². The molecule has 2 aliphatic rings. The van der Waals surface area contributed by atoms with Crippen LogP contribution in [0, 0.1) is 5.92 Å². The fourth-order valence-electron chi connectivity index (χ4n) is 2.82. The van der Waals surface area contributed by atoms with Crippen LogP contribution in [0.1, 0.15) is 12.8 Å². The molecule has 2 aliphatic heterocycles. The van der Waals surface area contributed by atoms with Crippen molar-refractivity contribution in [2.45, 2.75) is 18.9 Å². The van der Waals surface area contributed by atoms with Crippen molar-refractivity contribution in [3.8, 4) is 0 Å². The molecule has 3 nitrogen and oxygen atoms in total. The van der Waals surface area contributed by atoms with Crippen molar-refractivity contribution < 1.29 is 0 Å². The Kier molecular flexibility index (Phi) is 2.33. The van der Waals surface area contributed by atoms with E-state index in [4.69, 9.17) is 0 Å². The third-order valence-electron chi connectivity index (χ3n) is 3.71. The number of aromatic nitrogens is 1. The molecule has 2 unspecified atom stereocenters. The van der Waals surface area contributed by atoms with Crippen LogP contribution in [0.3, 0.4) is 0 Å². The number of pyridine rings is 1. The summed E-state index contributed by atoms with van der Waals surface area (Å²) in [5.74, 6) is 0.920. The number of rotatable bonds is 1. The highest BCUT2D eigenvalue weighted by molar-refractivity contribution is 5.45. The molecule has 0 amide bonds. The summed E-state index contributed by atoms with van der Waals surface area (Å²) in [4.78, 5) is 6.54. The van der Waals surface area contributed by atoms with Crippen molar-refractivity contribution in [1.29, 1.82) is 0 Å². The van der Waals surface area contributed by atoms with Gasteiger partial charge in [-0.2, -0.15) is 0 Å². The maximum atomic E-state index is 4.06. The quantitative estimate of drug-likeness (QED) is 0.745. The molecule has 2 atom stereocenters.